The first kappa shape index (κ1) is 33.7. The van der Waals surface area contributed by atoms with Crippen LogP contribution in [0.2, 0.25) is 0 Å². The second-order valence-electron chi connectivity index (χ2n) is 12.1. The Morgan fingerprint density at radius 2 is 1.49 bits per heavy atom. The van der Waals surface area contributed by atoms with Gasteiger partial charge in [-0.25, -0.2) is 8.42 Å². The summed E-state index contributed by atoms with van der Waals surface area (Å²) >= 11 is 0. The van der Waals surface area contributed by atoms with Crippen molar-refractivity contribution in [2.24, 2.45) is 0 Å². The van der Waals surface area contributed by atoms with E-state index in [9.17, 15) is 18.0 Å². The lowest BCUT2D eigenvalue weighted by Crippen LogP contribution is -2.55. The van der Waals surface area contributed by atoms with Crippen LogP contribution in [-0.2, 0) is 32.6 Å². The van der Waals surface area contributed by atoms with Gasteiger partial charge in [0.05, 0.1) is 17.7 Å². The van der Waals surface area contributed by atoms with E-state index in [-0.39, 0.29) is 29.8 Å². The highest BCUT2D eigenvalue weighted by atomic mass is 32.2. The van der Waals surface area contributed by atoms with Crippen molar-refractivity contribution in [2.75, 3.05) is 18.0 Å². The summed E-state index contributed by atoms with van der Waals surface area (Å²) in [5, 5.41) is 3.24. The first-order valence-corrected chi connectivity index (χ1v) is 17.6. The molecule has 5 rings (SSSR count). The van der Waals surface area contributed by atoms with Crippen LogP contribution in [0.15, 0.2) is 114 Å². The second-order valence-corrected chi connectivity index (χ2v) is 13.9. The number of sulfonamides is 1. The first-order chi connectivity index (χ1) is 22.7. The lowest BCUT2D eigenvalue weighted by atomic mass is 9.94. The summed E-state index contributed by atoms with van der Waals surface area (Å²) in [6.07, 6.45) is 5.29. The van der Waals surface area contributed by atoms with Gasteiger partial charge in [-0.05, 0) is 72.9 Å². The molecule has 0 spiro atoms. The third-order valence-electron chi connectivity index (χ3n) is 8.61. The summed E-state index contributed by atoms with van der Waals surface area (Å²) < 4.78 is 34.9. The fraction of sp³-hybridized carbons (Fsp3) is 0.316. The molecule has 1 fully saturated rings. The van der Waals surface area contributed by atoms with E-state index in [1.54, 1.807) is 43.5 Å². The number of hydrogen-bond acceptors (Lipinski definition) is 5. The number of carbonyl (C=O) groups excluding carboxylic acids is 2. The number of nitrogens with one attached hydrogen (secondary N) is 1. The molecule has 0 saturated heterocycles. The molecule has 0 unspecified atom stereocenters. The summed E-state index contributed by atoms with van der Waals surface area (Å²) in [6, 6.07) is 31.3. The third kappa shape index (κ3) is 8.80. The predicted molar refractivity (Wildman–Crippen MR) is 185 cm³/mol. The minimum Gasteiger partial charge on any atom is -0.497 e. The van der Waals surface area contributed by atoms with Gasteiger partial charge >= 0.3 is 0 Å². The number of amides is 2. The quantitative estimate of drug-likeness (QED) is 0.183. The molecular formula is C38H43N3O5S. The van der Waals surface area contributed by atoms with Crippen LogP contribution >= 0.6 is 0 Å². The largest absolute Gasteiger partial charge is 0.497 e. The van der Waals surface area contributed by atoms with Crippen molar-refractivity contribution in [3.8, 4) is 5.75 Å². The average molecular weight is 654 g/mol. The standard InChI is InChI=1S/C38H43N3O5S/c1-29-14-12-20-33(24-29)41(47(44,45)35-22-10-5-11-23-35)28-37(42)40(27-31-17-13-21-34(25-31)46-2)36(26-30-15-6-3-7-16-30)38(43)39-32-18-8-4-9-19-32/h3,5-7,10-17,20-25,32,36H,4,8-9,18-19,26-28H2,1-2H3,(H,39,43)/t36-/m0/s1. The van der Waals surface area contributed by atoms with Gasteiger partial charge in [-0.15, -0.1) is 0 Å². The van der Waals surface area contributed by atoms with Crippen molar-refractivity contribution < 1.29 is 22.7 Å². The number of methoxy groups -OCH3 is 1. The normalized spacial score (nSPS) is 14.2. The van der Waals surface area contributed by atoms with Crippen LogP contribution in [0.1, 0.15) is 48.8 Å². The van der Waals surface area contributed by atoms with Gasteiger partial charge in [-0.2, -0.15) is 0 Å². The van der Waals surface area contributed by atoms with Crippen molar-refractivity contribution in [1.82, 2.24) is 10.2 Å². The van der Waals surface area contributed by atoms with Gasteiger partial charge < -0.3 is 15.0 Å². The Hall–Kier alpha value is -4.63. The van der Waals surface area contributed by atoms with Crippen LogP contribution in [0.4, 0.5) is 5.69 Å². The van der Waals surface area contributed by atoms with E-state index >= 15 is 0 Å². The molecular weight excluding hydrogens is 611 g/mol. The Balaban J connectivity index is 1.57. The van der Waals surface area contributed by atoms with Crippen LogP contribution in [0.3, 0.4) is 0 Å². The highest BCUT2D eigenvalue weighted by Gasteiger charge is 2.35. The molecule has 8 nitrogen and oxygen atoms in total. The topological polar surface area (TPSA) is 96.0 Å². The SMILES string of the molecule is COc1cccc(CN(C(=O)CN(c2cccc(C)c2)S(=O)(=O)c2ccccc2)[C@@H](Cc2ccccc2)C(=O)NC2CCCCC2)c1. The highest BCUT2D eigenvalue weighted by Crippen LogP contribution is 2.26. The number of ether oxygens (including phenoxy) is 1. The summed E-state index contributed by atoms with van der Waals surface area (Å²) in [5.41, 5.74) is 2.88. The fourth-order valence-electron chi connectivity index (χ4n) is 6.10. The number of benzene rings is 4. The van der Waals surface area contributed by atoms with E-state index in [0.29, 0.717) is 11.4 Å². The van der Waals surface area contributed by atoms with E-state index in [0.717, 1.165) is 53.1 Å². The minimum atomic E-state index is -4.15. The van der Waals surface area contributed by atoms with Gasteiger partial charge in [0.2, 0.25) is 11.8 Å². The van der Waals surface area contributed by atoms with Crippen LogP contribution in [0.5, 0.6) is 5.75 Å². The molecule has 1 N–H and O–H groups in total. The molecule has 1 aliphatic rings. The van der Waals surface area contributed by atoms with Crippen molar-refractivity contribution >= 4 is 27.5 Å². The monoisotopic (exact) mass is 653 g/mol. The third-order valence-corrected chi connectivity index (χ3v) is 10.4. The number of carbonyl (C=O) groups is 2. The zero-order chi connectivity index (χ0) is 33.2. The Labute approximate surface area is 278 Å². The minimum absolute atomic E-state index is 0.0329. The van der Waals surface area contributed by atoms with Crippen LogP contribution in [0, 0.1) is 6.92 Å². The van der Waals surface area contributed by atoms with Gasteiger partial charge in [-0.1, -0.05) is 92.1 Å². The van der Waals surface area contributed by atoms with E-state index in [1.165, 1.54) is 17.0 Å². The molecule has 2 amide bonds. The van der Waals surface area contributed by atoms with Gasteiger partial charge in [-0.3, -0.25) is 13.9 Å². The molecule has 1 saturated carbocycles. The van der Waals surface area contributed by atoms with Gasteiger partial charge in [0.25, 0.3) is 10.0 Å². The van der Waals surface area contributed by atoms with Gasteiger partial charge in [0, 0.05) is 19.0 Å². The summed E-state index contributed by atoms with van der Waals surface area (Å²) in [6.45, 7) is 1.46. The highest BCUT2D eigenvalue weighted by molar-refractivity contribution is 7.92. The maximum absolute atomic E-state index is 14.7. The Morgan fingerprint density at radius 3 is 2.17 bits per heavy atom. The molecule has 0 heterocycles. The lowest BCUT2D eigenvalue weighted by molar-refractivity contribution is -0.140. The molecule has 4 aromatic rings. The van der Waals surface area contributed by atoms with Crippen LogP contribution < -0.4 is 14.4 Å². The first-order valence-electron chi connectivity index (χ1n) is 16.2. The zero-order valence-corrected chi connectivity index (χ0v) is 27.9. The second kappa shape index (κ2) is 15.8. The predicted octanol–water partition coefficient (Wildman–Crippen LogP) is 6.29. The van der Waals surface area contributed by atoms with Crippen molar-refractivity contribution in [3.63, 3.8) is 0 Å². The molecule has 0 aromatic heterocycles. The number of rotatable bonds is 13. The van der Waals surface area contributed by atoms with E-state index in [2.05, 4.69) is 5.32 Å². The average Bonchev–Trinajstić information content (AvgIpc) is 3.10. The van der Waals surface area contributed by atoms with E-state index < -0.39 is 28.5 Å². The molecule has 0 radical (unpaired) electrons. The molecule has 9 heteroatoms. The number of nitrogens with zero attached hydrogens (tertiary/aromatic N) is 2. The fourth-order valence-corrected chi connectivity index (χ4v) is 7.52. The van der Waals surface area contributed by atoms with E-state index in [1.807, 2.05) is 67.6 Å². The molecule has 1 aliphatic carbocycles. The summed E-state index contributed by atoms with van der Waals surface area (Å²) in [4.78, 5) is 30.5. The Bertz CT molecular complexity index is 1740. The maximum atomic E-state index is 14.7. The van der Waals surface area contributed by atoms with Crippen molar-refractivity contribution in [2.45, 2.75) is 69.0 Å². The number of aryl methyl sites for hydroxylation is 1. The molecule has 0 bridgehead atoms. The summed E-state index contributed by atoms with van der Waals surface area (Å²) in [5.74, 6) is -0.118. The Kier molecular flexibility index (Phi) is 11.3. The molecule has 246 valence electrons. The van der Waals surface area contributed by atoms with Crippen LogP contribution in [-0.4, -0.2) is 50.9 Å². The smallest absolute Gasteiger partial charge is 0.264 e. The van der Waals surface area contributed by atoms with Gasteiger partial charge in [0.15, 0.2) is 0 Å². The van der Waals surface area contributed by atoms with Crippen LogP contribution in [0.25, 0.3) is 0 Å². The van der Waals surface area contributed by atoms with E-state index in [4.69, 9.17) is 4.74 Å². The van der Waals surface area contributed by atoms with Crippen molar-refractivity contribution in [1.29, 1.82) is 0 Å². The van der Waals surface area contributed by atoms with Crippen molar-refractivity contribution in [3.05, 3.63) is 126 Å². The lowest BCUT2D eigenvalue weighted by Gasteiger charge is -2.35. The Morgan fingerprint density at radius 1 is 0.830 bits per heavy atom. The van der Waals surface area contributed by atoms with Gasteiger partial charge in [0.1, 0.15) is 18.3 Å². The summed E-state index contributed by atoms with van der Waals surface area (Å²) in [7, 11) is -2.57. The molecule has 1 atom stereocenters. The molecule has 0 aliphatic heterocycles. The number of anilines is 1. The molecule has 4 aromatic carbocycles. The number of hydrogen-bond donors (Lipinski definition) is 1. The molecule has 47 heavy (non-hydrogen) atoms. The maximum Gasteiger partial charge on any atom is 0.264 e. The zero-order valence-electron chi connectivity index (χ0n) is 27.0.